The summed E-state index contributed by atoms with van der Waals surface area (Å²) in [5, 5.41) is 0. The van der Waals surface area contributed by atoms with Gasteiger partial charge in [0.2, 0.25) is 0 Å². The molecule has 2 rings (SSSR count). The topological polar surface area (TPSA) is 26.3 Å². The number of amides is 1. The molecule has 0 atom stereocenters. The van der Waals surface area contributed by atoms with Crippen molar-refractivity contribution in [3.63, 3.8) is 0 Å². The summed E-state index contributed by atoms with van der Waals surface area (Å²) < 4.78 is 5.64. The van der Waals surface area contributed by atoms with E-state index in [1.165, 1.54) is 0 Å². The second-order valence-corrected chi connectivity index (χ2v) is 4.41. The van der Waals surface area contributed by atoms with Gasteiger partial charge in [-0.25, -0.2) is 0 Å². The minimum absolute atomic E-state index is 0.179. The monoisotopic (exact) mass is 232 g/mol. The summed E-state index contributed by atoms with van der Waals surface area (Å²) in [5.41, 5.74) is 1.02. The maximum Gasteiger partial charge on any atom is 0.521 e. The largest absolute Gasteiger partial charge is 0.521 e. The number of nitrogens with zero attached hydrogens (tertiary/aromatic N) is 1. The van der Waals surface area contributed by atoms with Crippen LogP contribution in [0.5, 0.6) is 0 Å². The van der Waals surface area contributed by atoms with Crippen LogP contribution in [0.3, 0.4) is 0 Å². The van der Waals surface area contributed by atoms with Crippen LogP contribution in [0.2, 0.25) is 0 Å². The Labute approximate surface area is 102 Å². The van der Waals surface area contributed by atoms with Crippen molar-refractivity contribution in [3.8, 4) is 0 Å². The second-order valence-electron chi connectivity index (χ2n) is 4.41. The lowest BCUT2D eigenvalue weighted by atomic mass is 10.2. The van der Waals surface area contributed by atoms with Crippen molar-refractivity contribution in [1.82, 2.24) is 0 Å². The van der Waals surface area contributed by atoms with Gasteiger partial charge in [0.1, 0.15) is 6.61 Å². The predicted octanol–water partition coefficient (Wildman–Crippen LogP) is 3.08. The third kappa shape index (κ3) is 2.56. The maximum absolute atomic E-state index is 12.1. The number of likely N-dealkylation sites (tertiary alicyclic amines) is 1. The minimum atomic E-state index is -0.179. The van der Waals surface area contributed by atoms with Gasteiger partial charge in [-0.3, -0.25) is 0 Å². The molecule has 0 spiro atoms. The summed E-state index contributed by atoms with van der Waals surface area (Å²) in [7, 11) is 0. The standard InChI is InChI=1S/C14H18NO2/c1-2-15(10-6-7-11-15)14(16)17-12-13-8-4-3-5-9-13/h2-5,8-9H,1,6-7,10-12H2/q+1. The Kier molecular flexibility index (Phi) is 3.59. The van der Waals surface area contributed by atoms with Crippen LogP contribution in [0, 0.1) is 0 Å². The smallest absolute Gasteiger partial charge is 0.415 e. The number of hydrogen-bond acceptors (Lipinski definition) is 2. The third-order valence-electron chi connectivity index (χ3n) is 3.28. The first-order chi connectivity index (χ1) is 8.27. The first-order valence-electron chi connectivity index (χ1n) is 5.98. The van der Waals surface area contributed by atoms with Crippen LogP contribution < -0.4 is 0 Å². The number of benzene rings is 1. The zero-order valence-electron chi connectivity index (χ0n) is 9.97. The number of carbonyl (C=O) groups is 1. The quantitative estimate of drug-likeness (QED) is 0.749. The van der Waals surface area contributed by atoms with E-state index in [1.807, 2.05) is 30.3 Å². The second kappa shape index (κ2) is 5.15. The first-order valence-corrected chi connectivity index (χ1v) is 5.98. The Morgan fingerprint density at radius 1 is 1.29 bits per heavy atom. The lowest BCUT2D eigenvalue weighted by Gasteiger charge is -2.24. The molecule has 0 bridgehead atoms. The highest BCUT2D eigenvalue weighted by Gasteiger charge is 2.39. The maximum atomic E-state index is 12.1. The van der Waals surface area contributed by atoms with Crippen LogP contribution in [0.1, 0.15) is 18.4 Å². The van der Waals surface area contributed by atoms with Crippen LogP contribution in [0.4, 0.5) is 4.79 Å². The zero-order valence-corrected chi connectivity index (χ0v) is 9.97. The molecule has 1 saturated heterocycles. The molecule has 0 N–H and O–H groups in total. The van der Waals surface area contributed by atoms with Crippen LogP contribution in [-0.4, -0.2) is 23.7 Å². The molecule has 1 aliphatic rings. The van der Waals surface area contributed by atoms with Gasteiger partial charge in [0.25, 0.3) is 0 Å². The highest BCUT2D eigenvalue weighted by Crippen LogP contribution is 2.22. The fourth-order valence-electron chi connectivity index (χ4n) is 2.19. The molecular weight excluding hydrogens is 214 g/mol. The fraction of sp³-hybridized carbons (Fsp3) is 0.357. The highest BCUT2D eigenvalue weighted by molar-refractivity contribution is 5.60. The van der Waals surface area contributed by atoms with Crippen molar-refractivity contribution in [2.45, 2.75) is 19.4 Å². The van der Waals surface area contributed by atoms with Gasteiger partial charge in [-0.15, -0.1) is 0 Å². The molecule has 0 radical (unpaired) electrons. The zero-order chi connectivity index (χ0) is 12.1. The van der Waals surface area contributed by atoms with Crippen molar-refractivity contribution in [3.05, 3.63) is 48.7 Å². The van der Waals surface area contributed by atoms with Crippen LogP contribution in [-0.2, 0) is 11.3 Å². The lowest BCUT2D eigenvalue weighted by Crippen LogP contribution is -2.45. The van der Waals surface area contributed by atoms with Crippen LogP contribution in [0.15, 0.2) is 43.1 Å². The Morgan fingerprint density at radius 3 is 2.53 bits per heavy atom. The molecular formula is C14H18NO2+. The molecule has 17 heavy (non-hydrogen) atoms. The third-order valence-corrected chi connectivity index (χ3v) is 3.28. The normalized spacial score (nSPS) is 17.6. The molecule has 0 saturated carbocycles. The number of rotatable bonds is 3. The number of quaternary nitrogens is 1. The average Bonchev–Trinajstić information content (AvgIpc) is 2.87. The van der Waals surface area contributed by atoms with Gasteiger partial charge in [0.15, 0.2) is 0 Å². The summed E-state index contributed by atoms with van der Waals surface area (Å²) in [5.74, 6) is 0. The van der Waals surface area contributed by atoms with Crippen molar-refractivity contribution in [1.29, 1.82) is 0 Å². The number of carbonyl (C=O) groups excluding carboxylic acids is 1. The van der Waals surface area contributed by atoms with Gasteiger partial charge in [0.05, 0.1) is 19.3 Å². The van der Waals surface area contributed by atoms with Crippen LogP contribution in [0.25, 0.3) is 0 Å². The van der Waals surface area contributed by atoms with E-state index in [0.29, 0.717) is 6.61 Å². The Bertz CT molecular complexity index is 394. The van der Waals surface area contributed by atoms with Crippen molar-refractivity contribution in [2.75, 3.05) is 13.1 Å². The van der Waals surface area contributed by atoms with E-state index in [9.17, 15) is 4.79 Å². The van der Waals surface area contributed by atoms with Gasteiger partial charge in [-0.1, -0.05) is 30.3 Å². The number of hydrogen-bond donors (Lipinski definition) is 0. The Balaban J connectivity index is 1.95. The summed E-state index contributed by atoms with van der Waals surface area (Å²) in [6.07, 6.45) is 3.65. The van der Waals surface area contributed by atoms with Gasteiger partial charge in [-0.2, -0.15) is 9.28 Å². The fourth-order valence-corrected chi connectivity index (χ4v) is 2.19. The molecule has 1 amide bonds. The average molecular weight is 232 g/mol. The molecule has 3 nitrogen and oxygen atoms in total. The van der Waals surface area contributed by atoms with Gasteiger partial charge in [-0.05, 0) is 12.1 Å². The molecule has 0 unspecified atom stereocenters. The summed E-state index contributed by atoms with van der Waals surface area (Å²) >= 11 is 0. The molecule has 0 aliphatic carbocycles. The summed E-state index contributed by atoms with van der Waals surface area (Å²) in [6, 6.07) is 9.74. The van der Waals surface area contributed by atoms with E-state index < -0.39 is 0 Å². The van der Waals surface area contributed by atoms with E-state index in [-0.39, 0.29) is 10.6 Å². The van der Waals surface area contributed by atoms with E-state index >= 15 is 0 Å². The lowest BCUT2D eigenvalue weighted by molar-refractivity contribution is -0.792. The van der Waals surface area contributed by atoms with E-state index in [0.717, 1.165) is 31.5 Å². The van der Waals surface area contributed by atoms with Crippen molar-refractivity contribution >= 4 is 6.09 Å². The van der Waals surface area contributed by atoms with Crippen molar-refractivity contribution in [2.24, 2.45) is 0 Å². The van der Waals surface area contributed by atoms with Gasteiger partial charge >= 0.3 is 6.09 Å². The SMILES string of the molecule is C=C[N+]1(C(=O)OCc2ccccc2)CCCC1. The van der Waals surface area contributed by atoms with Crippen molar-refractivity contribution < 1.29 is 14.0 Å². The van der Waals surface area contributed by atoms with E-state index in [1.54, 1.807) is 6.20 Å². The minimum Gasteiger partial charge on any atom is -0.415 e. The summed E-state index contributed by atoms with van der Waals surface area (Å²) in [4.78, 5) is 12.1. The van der Waals surface area contributed by atoms with E-state index in [2.05, 4.69) is 6.58 Å². The molecule has 1 fully saturated rings. The Morgan fingerprint density at radius 2 is 1.94 bits per heavy atom. The number of ether oxygens (including phenoxy) is 1. The summed E-state index contributed by atoms with van der Waals surface area (Å²) in [6.45, 7) is 5.74. The van der Waals surface area contributed by atoms with Gasteiger partial charge < -0.3 is 4.74 Å². The molecule has 0 aromatic heterocycles. The van der Waals surface area contributed by atoms with Crippen LogP contribution >= 0.6 is 0 Å². The van der Waals surface area contributed by atoms with Gasteiger partial charge in [0, 0.05) is 12.8 Å². The predicted molar refractivity (Wildman–Crippen MR) is 66.1 cm³/mol. The Hall–Kier alpha value is -1.61. The highest BCUT2D eigenvalue weighted by atomic mass is 16.6. The molecule has 1 aromatic rings. The molecule has 1 heterocycles. The molecule has 3 heteroatoms. The molecule has 90 valence electrons. The molecule has 1 aliphatic heterocycles. The first kappa shape index (κ1) is 11.9. The molecule has 1 aromatic carbocycles. The van der Waals surface area contributed by atoms with E-state index in [4.69, 9.17) is 4.74 Å².